The molecule has 0 N–H and O–H groups in total. The first kappa shape index (κ1) is 23.2. The predicted molar refractivity (Wildman–Crippen MR) is 169 cm³/mol. The lowest BCUT2D eigenvalue weighted by Gasteiger charge is -2.17. The number of hydrogen-bond donors (Lipinski definition) is 0. The lowest BCUT2D eigenvalue weighted by atomic mass is 9.86. The highest BCUT2D eigenvalue weighted by Crippen LogP contribution is 2.48. The van der Waals surface area contributed by atoms with E-state index in [0.717, 1.165) is 45.5 Å². The van der Waals surface area contributed by atoms with E-state index < -0.39 is 9.84 Å². The molecular weight excluding hydrogens is 522 g/mol. The molecule has 3 nitrogen and oxygen atoms in total. The van der Waals surface area contributed by atoms with Crippen molar-refractivity contribution >= 4 is 64.3 Å². The van der Waals surface area contributed by atoms with E-state index in [1.54, 1.807) is 6.07 Å². The van der Waals surface area contributed by atoms with E-state index in [1.807, 2.05) is 24.3 Å². The Labute approximate surface area is 238 Å². The van der Waals surface area contributed by atoms with Gasteiger partial charge in [-0.15, -0.1) is 0 Å². The average Bonchev–Trinajstić information content (AvgIpc) is 3.32. The van der Waals surface area contributed by atoms with Crippen molar-refractivity contribution in [3.63, 3.8) is 0 Å². The topological polar surface area (TPSA) is 46.5 Å². The summed E-state index contributed by atoms with van der Waals surface area (Å²) >= 11 is 0. The van der Waals surface area contributed by atoms with E-state index in [4.69, 9.17) is 4.99 Å². The standard InChI is InChI=1S/C37H25NO2S/c1-2-31-30-19-23-16-15-22(20-34(23)41(39,40)33-14-6-13-32(38-31)37(30)33)24-17-18-29-27-10-4-8-21-7-3-9-26(35(21)27)28-12-5-11-25(24)36(28)29/h3-18,20,30H,2,19H2,1H3. The summed E-state index contributed by atoms with van der Waals surface area (Å²) in [7, 11) is -3.72. The molecular formula is C37H25NO2S. The van der Waals surface area contributed by atoms with Gasteiger partial charge in [0.1, 0.15) is 0 Å². The number of fused-ring (bicyclic) bond motifs is 3. The predicted octanol–water partition coefficient (Wildman–Crippen LogP) is 9.37. The number of sulfone groups is 1. The molecule has 0 saturated carbocycles. The zero-order chi connectivity index (χ0) is 27.5. The molecule has 7 aromatic carbocycles. The highest BCUT2D eigenvalue weighted by molar-refractivity contribution is 7.91. The smallest absolute Gasteiger partial charge is 0.207 e. The summed E-state index contributed by atoms with van der Waals surface area (Å²) in [5.41, 5.74) is 5.58. The minimum absolute atomic E-state index is 0.0105. The average molecular weight is 548 g/mol. The maximum Gasteiger partial charge on any atom is 0.207 e. The molecule has 1 atom stereocenters. The van der Waals surface area contributed by atoms with E-state index in [0.29, 0.717) is 16.2 Å². The van der Waals surface area contributed by atoms with Gasteiger partial charge in [0.05, 0.1) is 15.5 Å². The molecule has 196 valence electrons. The van der Waals surface area contributed by atoms with Gasteiger partial charge in [-0.3, -0.25) is 4.99 Å². The van der Waals surface area contributed by atoms with Crippen LogP contribution in [0.4, 0.5) is 5.69 Å². The molecule has 41 heavy (non-hydrogen) atoms. The Hall–Kier alpha value is -4.54. The van der Waals surface area contributed by atoms with E-state index in [-0.39, 0.29) is 5.92 Å². The highest BCUT2D eigenvalue weighted by atomic mass is 32.2. The maximum atomic E-state index is 14.2. The fraction of sp³-hybridized carbons (Fsp3) is 0.108. The van der Waals surface area contributed by atoms with Crippen molar-refractivity contribution in [2.75, 3.05) is 0 Å². The van der Waals surface area contributed by atoms with E-state index in [2.05, 4.69) is 79.7 Å². The largest absolute Gasteiger partial charge is 0.257 e. The zero-order valence-corrected chi connectivity index (χ0v) is 23.3. The van der Waals surface area contributed by atoms with Gasteiger partial charge in [0.25, 0.3) is 0 Å². The van der Waals surface area contributed by atoms with Crippen LogP contribution in [0, 0.1) is 0 Å². The van der Waals surface area contributed by atoms with Gasteiger partial charge in [-0.25, -0.2) is 8.42 Å². The number of nitrogens with zero attached hydrogens (tertiary/aromatic N) is 1. The molecule has 0 spiro atoms. The second-order valence-corrected chi connectivity index (χ2v) is 13.2. The third-order valence-corrected chi connectivity index (χ3v) is 11.2. The molecule has 2 aliphatic heterocycles. The molecule has 9 rings (SSSR count). The first-order valence-corrected chi connectivity index (χ1v) is 15.7. The van der Waals surface area contributed by atoms with Crippen molar-refractivity contribution in [3.8, 4) is 11.1 Å². The fourth-order valence-electron chi connectivity index (χ4n) is 7.54. The summed E-state index contributed by atoms with van der Waals surface area (Å²) in [6.07, 6.45) is 1.46. The Morgan fingerprint density at radius 2 is 1.39 bits per heavy atom. The number of aliphatic imine (C=N–C) groups is 1. The van der Waals surface area contributed by atoms with Crippen LogP contribution < -0.4 is 0 Å². The van der Waals surface area contributed by atoms with Crippen LogP contribution in [-0.4, -0.2) is 14.1 Å². The third-order valence-electron chi connectivity index (χ3n) is 9.33. The molecule has 1 unspecified atom stereocenters. The molecule has 0 radical (unpaired) electrons. The minimum atomic E-state index is -3.72. The van der Waals surface area contributed by atoms with Crippen molar-refractivity contribution in [2.24, 2.45) is 4.99 Å². The Balaban J connectivity index is 1.31. The summed E-state index contributed by atoms with van der Waals surface area (Å²) in [6, 6.07) is 35.5. The second-order valence-electron chi connectivity index (χ2n) is 11.3. The van der Waals surface area contributed by atoms with Crippen molar-refractivity contribution in [1.82, 2.24) is 0 Å². The van der Waals surface area contributed by atoms with Crippen LogP contribution in [0.3, 0.4) is 0 Å². The van der Waals surface area contributed by atoms with Crippen molar-refractivity contribution in [2.45, 2.75) is 35.5 Å². The third kappa shape index (κ3) is 2.98. The van der Waals surface area contributed by atoms with Crippen LogP contribution in [0.25, 0.3) is 54.2 Å². The van der Waals surface area contributed by atoms with Gasteiger partial charge in [0.15, 0.2) is 0 Å². The monoisotopic (exact) mass is 547 g/mol. The van der Waals surface area contributed by atoms with Crippen molar-refractivity contribution in [3.05, 3.63) is 114 Å². The summed E-state index contributed by atoms with van der Waals surface area (Å²) < 4.78 is 28.5. The van der Waals surface area contributed by atoms with Crippen LogP contribution in [-0.2, 0) is 16.3 Å². The lowest BCUT2D eigenvalue weighted by Crippen LogP contribution is -2.10. The van der Waals surface area contributed by atoms with Gasteiger partial charge in [-0.1, -0.05) is 91.9 Å². The Morgan fingerprint density at radius 3 is 2.17 bits per heavy atom. The van der Waals surface area contributed by atoms with E-state index >= 15 is 0 Å². The Kier molecular flexibility index (Phi) is 4.54. The Bertz CT molecular complexity index is 2350. The van der Waals surface area contributed by atoms with E-state index in [9.17, 15) is 8.42 Å². The molecule has 0 bridgehead atoms. The molecule has 0 amide bonds. The molecule has 0 saturated heterocycles. The fourth-order valence-corrected chi connectivity index (χ4v) is 9.35. The van der Waals surface area contributed by atoms with Gasteiger partial charge >= 0.3 is 0 Å². The van der Waals surface area contributed by atoms with Gasteiger partial charge in [0, 0.05) is 17.2 Å². The molecule has 0 aromatic heterocycles. The summed E-state index contributed by atoms with van der Waals surface area (Å²) in [6.45, 7) is 2.10. The molecule has 2 heterocycles. The second kappa shape index (κ2) is 8.02. The van der Waals surface area contributed by atoms with Crippen molar-refractivity contribution < 1.29 is 8.42 Å². The van der Waals surface area contributed by atoms with Crippen LogP contribution in [0.15, 0.2) is 118 Å². The number of hydrogen-bond acceptors (Lipinski definition) is 3. The molecule has 2 aliphatic rings. The van der Waals surface area contributed by atoms with Crippen LogP contribution >= 0.6 is 0 Å². The normalized spacial score (nSPS) is 17.2. The first-order valence-electron chi connectivity index (χ1n) is 14.2. The zero-order valence-electron chi connectivity index (χ0n) is 22.5. The van der Waals surface area contributed by atoms with Gasteiger partial charge < -0.3 is 0 Å². The summed E-state index contributed by atoms with van der Waals surface area (Å²) in [5.74, 6) is 0.0105. The minimum Gasteiger partial charge on any atom is -0.257 e. The molecule has 4 heteroatoms. The van der Waals surface area contributed by atoms with E-state index in [1.165, 1.54) is 37.7 Å². The van der Waals surface area contributed by atoms with Crippen LogP contribution in [0.1, 0.15) is 30.4 Å². The van der Waals surface area contributed by atoms with Gasteiger partial charge in [-0.05, 0) is 90.8 Å². The number of benzene rings is 7. The molecule has 0 fully saturated rings. The van der Waals surface area contributed by atoms with Crippen molar-refractivity contribution in [1.29, 1.82) is 0 Å². The lowest BCUT2D eigenvalue weighted by molar-refractivity contribution is 0.595. The maximum absolute atomic E-state index is 14.2. The first-order chi connectivity index (χ1) is 20.0. The van der Waals surface area contributed by atoms with Crippen LogP contribution in [0.5, 0.6) is 0 Å². The molecule has 7 aromatic rings. The van der Waals surface area contributed by atoms with Crippen LogP contribution in [0.2, 0.25) is 0 Å². The highest BCUT2D eigenvalue weighted by Gasteiger charge is 2.38. The quantitative estimate of drug-likeness (QED) is 0.160. The van der Waals surface area contributed by atoms with Gasteiger partial charge in [-0.2, -0.15) is 0 Å². The Morgan fingerprint density at radius 1 is 0.707 bits per heavy atom. The summed E-state index contributed by atoms with van der Waals surface area (Å²) in [4.78, 5) is 5.64. The number of rotatable bonds is 2. The SMILES string of the molecule is CCC1=Nc2cccc3c2C1Cc1ccc(-c2ccc4c5cccc6cccc(c7cccc2c74)c65)cc1S3(=O)=O. The summed E-state index contributed by atoms with van der Waals surface area (Å²) in [5, 5.41) is 9.85. The molecule has 0 aliphatic carbocycles. The van der Waals surface area contributed by atoms with Gasteiger partial charge in [0.2, 0.25) is 9.84 Å².